The van der Waals surface area contributed by atoms with Crippen molar-refractivity contribution in [3.63, 3.8) is 0 Å². The van der Waals surface area contributed by atoms with Crippen molar-refractivity contribution >= 4 is 20.0 Å². The van der Waals surface area contributed by atoms with Gasteiger partial charge in [0.05, 0.1) is 9.79 Å². The molecule has 2 aliphatic carbocycles. The number of hydrogen-bond donors (Lipinski definition) is 0. The predicted molar refractivity (Wildman–Crippen MR) is 146 cm³/mol. The highest BCUT2D eigenvalue weighted by Gasteiger charge is 2.31. The first kappa shape index (κ1) is 28.8. The van der Waals surface area contributed by atoms with E-state index in [0.717, 1.165) is 51.4 Å². The van der Waals surface area contributed by atoms with Gasteiger partial charge in [-0.25, -0.2) is 16.8 Å². The molecule has 2 fully saturated rings. The average molecular weight is 535 g/mol. The molecule has 0 N–H and O–H groups in total. The van der Waals surface area contributed by atoms with E-state index in [1.54, 1.807) is 57.1 Å². The molecule has 0 amide bonds. The Labute approximate surface area is 218 Å². The second kappa shape index (κ2) is 13.7. The van der Waals surface area contributed by atoms with Gasteiger partial charge in [0.15, 0.2) is 0 Å². The van der Waals surface area contributed by atoms with E-state index in [1.165, 1.54) is 12.8 Å². The fraction of sp³-hybridized carbons (Fsp3) is 0.571. The van der Waals surface area contributed by atoms with Crippen LogP contribution in [0, 0.1) is 0 Å². The molecule has 0 atom stereocenters. The number of nitrogens with zero attached hydrogens (tertiary/aromatic N) is 2. The Bertz CT molecular complexity index is 1020. The van der Waals surface area contributed by atoms with Crippen LogP contribution in [-0.4, -0.2) is 50.6 Å². The maximum absolute atomic E-state index is 12.6. The van der Waals surface area contributed by atoms with Crippen molar-refractivity contribution in [2.75, 3.05) is 13.1 Å². The minimum absolute atomic E-state index is 0.189. The van der Waals surface area contributed by atoms with Gasteiger partial charge in [-0.1, -0.05) is 88.8 Å². The van der Waals surface area contributed by atoms with Crippen LogP contribution in [0.25, 0.3) is 0 Å². The van der Waals surface area contributed by atoms with Crippen LogP contribution in [0.5, 0.6) is 0 Å². The molecule has 0 aliphatic heterocycles. The third kappa shape index (κ3) is 7.18. The van der Waals surface area contributed by atoms with E-state index in [0.29, 0.717) is 22.9 Å². The van der Waals surface area contributed by atoms with E-state index in [-0.39, 0.29) is 12.1 Å². The molecule has 36 heavy (non-hydrogen) atoms. The number of rotatable bonds is 8. The van der Waals surface area contributed by atoms with Crippen LogP contribution in [0.4, 0.5) is 0 Å². The molecular weight excluding hydrogens is 492 g/mol. The standard InChI is InChI=1S/2C14H21NO2S/c2*1-2-15(13-9-5-3-6-10-13)18(16,17)14-11-7-4-8-12-14/h2*4,7-8,11-13H,2-3,5-6,9-10H2,1H3. The van der Waals surface area contributed by atoms with Gasteiger partial charge in [-0.15, -0.1) is 0 Å². The average Bonchev–Trinajstić information content (AvgIpc) is 2.92. The number of hydrogen-bond acceptors (Lipinski definition) is 4. The van der Waals surface area contributed by atoms with Crippen molar-refractivity contribution in [2.45, 2.75) is 99.9 Å². The zero-order valence-electron chi connectivity index (χ0n) is 21.8. The summed E-state index contributed by atoms with van der Waals surface area (Å²) in [5.41, 5.74) is 0. The lowest BCUT2D eigenvalue weighted by Gasteiger charge is -2.32. The normalized spacial score (nSPS) is 18.1. The fourth-order valence-electron chi connectivity index (χ4n) is 5.44. The van der Waals surface area contributed by atoms with E-state index in [1.807, 2.05) is 26.0 Å². The van der Waals surface area contributed by atoms with E-state index < -0.39 is 20.0 Å². The van der Waals surface area contributed by atoms with Gasteiger partial charge in [0.1, 0.15) is 0 Å². The molecule has 0 unspecified atom stereocenters. The van der Waals surface area contributed by atoms with Crippen LogP contribution < -0.4 is 0 Å². The van der Waals surface area contributed by atoms with Crippen molar-refractivity contribution in [1.29, 1.82) is 0 Å². The summed E-state index contributed by atoms with van der Waals surface area (Å²) in [6.45, 7) is 4.97. The lowest BCUT2D eigenvalue weighted by Crippen LogP contribution is -2.41. The minimum Gasteiger partial charge on any atom is -0.207 e. The van der Waals surface area contributed by atoms with Crippen molar-refractivity contribution < 1.29 is 16.8 Å². The van der Waals surface area contributed by atoms with Gasteiger partial charge in [-0.05, 0) is 49.9 Å². The first-order valence-corrected chi connectivity index (χ1v) is 16.3. The van der Waals surface area contributed by atoms with E-state index in [9.17, 15) is 16.8 Å². The summed E-state index contributed by atoms with van der Waals surface area (Å²) in [7, 11) is -6.63. The van der Waals surface area contributed by atoms with Gasteiger partial charge in [-0.2, -0.15) is 8.61 Å². The quantitative estimate of drug-likeness (QED) is 0.413. The minimum atomic E-state index is -3.32. The summed E-state index contributed by atoms with van der Waals surface area (Å²) in [6.07, 6.45) is 11.0. The molecule has 2 saturated carbocycles. The lowest BCUT2D eigenvalue weighted by molar-refractivity contribution is 0.261. The smallest absolute Gasteiger partial charge is 0.207 e. The second-order valence-corrected chi connectivity index (χ2v) is 13.4. The Hall–Kier alpha value is -1.74. The molecule has 0 heterocycles. The molecule has 8 heteroatoms. The van der Waals surface area contributed by atoms with Gasteiger partial charge in [0.2, 0.25) is 20.0 Å². The Morgan fingerprint density at radius 2 is 0.861 bits per heavy atom. The summed E-state index contributed by atoms with van der Waals surface area (Å²) in [5.74, 6) is 0. The van der Waals surface area contributed by atoms with Crippen LogP contribution in [0.15, 0.2) is 70.5 Å². The molecule has 4 rings (SSSR count). The van der Waals surface area contributed by atoms with E-state index in [2.05, 4.69) is 0 Å². The molecule has 2 aliphatic rings. The van der Waals surface area contributed by atoms with Crippen molar-refractivity contribution in [3.8, 4) is 0 Å². The van der Waals surface area contributed by atoms with Crippen LogP contribution in [0.1, 0.15) is 78.1 Å². The number of sulfonamides is 2. The van der Waals surface area contributed by atoms with E-state index >= 15 is 0 Å². The molecule has 0 spiro atoms. The fourth-order valence-corrected chi connectivity index (χ4v) is 8.87. The molecule has 0 saturated heterocycles. The zero-order valence-corrected chi connectivity index (χ0v) is 23.4. The number of benzene rings is 2. The topological polar surface area (TPSA) is 74.8 Å². The summed E-state index contributed by atoms with van der Waals surface area (Å²) >= 11 is 0. The molecule has 2 aromatic rings. The van der Waals surface area contributed by atoms with Crippen LogP contribution in [-0.2, 0) is 20.0 Å². The Kier molecular flexibility index (Phi) is 11.0. The maximum atomic E-state index is 12.6. The molecule has 6 nitrogen and oxygen atoms in total. The summed E-state index contributed by atoms with van der Waals surface area (Å²) < 4.78 is 53.7. The highest BCUT2D eigenvalue weighted by Crippen LogP contribution is 2.28. The van der Waals surface area contributed by atoms with Gasteiger partial charge in [-0.3, -0.25) is 0 Å². The molecule has 0 bridgehead atoms. The third-order valence-electron chi connectivity index (χ3n) is 7.29. The summed E-state index contributed by atoms with van der Waals surface area (Å²) in [4.78, 5) is 0.829. The van der Waals surface area contributed by atoms with Crippen LogP contribution >= 0.6 is 0 Å². The lowest BCUT2D eigenvalue weighted by atomic mass is 9.95. The first-order chi connectivity index (χ1) is 17.3. The van der Waals surface area contributed by atoms with Gasteiger partial charge >= 0.3 is 0 Å². The van der Waals surface area contributed by atoms with Crippen molar-refractivity contribution in [2.24, 2.45) is 0 Å². The van der Waals surface area contributed by atoms with Gasteiger partial charge in [0, 0.05) is 25.2 Å². The first-order valence-electron chi connectivity index (χ1n) is 13.5. The summed E-state index contributed by atoms with van der Waals surface area (Å²) in [5, 5.41) is 0. The zero-order chi connectivity index (χ0) is 26.0. The monoisotopic (exact) mass is 534 g/mol. The molecular formula is C28H42N2O4S2. The maximum Gasteiger partial charge on any atom is 0.243 e. The van der Waals surface area contributed by atoms with Gasteiger partial charge in [0.25, 0.3) is 0 Å². The Morgan fingerprint density at radius 1 is 0.556 bits per heavy atom. The molecule has 200 valence electrons. The molecule has 2 aromatic carbocycles. The van der Waals surface area contributed by atoms with Gasteiger partial charge < -0.3 is 0 Å². The molecule has 0 aromatic heterocycles. The Balaban J connectivity index is 0.000000201. The van der Waals surface area contributed by atoms with E-state index in [4.69, 9.17) is 0 Å². The van der Waals surface area contributed by atoms with Crippen LogP contribution in [0.2, 0.25) is 0 Å². The summed E-state index contributed by atoms with van der Waals surface area (Å²) in [6, 6.07) is 17.9. The largest absolute Gasteiger partial charge is 0.243 e. The predicted octanol–water partition coefficient (Wildman–Crippen LogP) is 6.06. The SMILES string of the molecule is CCN(C1CCCCC1)S(=O)(=O)c1ccccc1.CCN(C1CCCCC1)S(=O)(=O)c1ccccc1. The van der Waals surface area contributed by atoms with Crippen molar-refractivity contribution in [1.82, 2.24) is 8.61 Å². The second-order valence-electron chi connectivity index (χ2n) is 9.63. The van der Waals surface area contributed by atoms with Crippen LogP contribution in [0.3, 0.4) is 0 Å². The third-order valence-corrected chi connectivity index (χ3v) is 11.4. The Morgan fingerprint density at radius 3 is 1.14 bits per heavy atom. The molecule has 0 radical (unpaired) electrons. The highest BCUT2D eigenvalue weighted by molar-refractivity contribution is 7.89. The van der Waals surface area contributed by atoms with Crippen molar-refractivity contribution in [3.05, 3.63) is 60.7 Å². The highest BCUT2D eigenvalue weighted by atomic mass is 32.2.